The Balaban J connectivity index is 1.82. The first-order chi connectivity index (χ1) is 12.9. The number of thioether (sulfide) groups is 1. The summed E-state index contributed by atoms with van der Waals surface area (Å²) in [5.74, 6) is -1.32. The molecule has 1 aliphatic rings. The maximum atomic E-state index is 12.7. The van der Waals surface area contributed by atoms with Gasteiger partial charge in [-0.05, 0) is 49.9 Å². The highest BCUT2D eigenvalue weighted by Crippen LogP contribution is 2.38. The molecule has 0 aliphatic heterocycles. The Labute approximate surface area is 164 Å². The van der Waals surface area contributed by atoms with Crippen molar-refractivity contribution in [1.82, 2.24) is 5.27 Å². The Bertz CT molecular complexity index is 842. The first-order valence-corrected chi connectivity index (χ1v) is 10.3. The third kappa shape index (κ3) is 4.11. The molecule has 1 N–H and O–H groups in total. The van der Waals surface area contributed by atoms with Crippen LogP contribution in [0, 0.1) is 0 Å². The van der Waals surface area contributed by atoms with Gasteiger partial charge in [-0.25, -0.2) is 4.79 Å². The molecule has 2 heterocycles. The van der Waals surface area contributed by atoms with Gasteiger partial charge in [-0.2, -0.15) is 0 Å². The van der Waals surface area contributed by atoms with Crippen LogP contribution in [0.3, 0.4) is 0 Å². The molecule has 0 aromatic carbocycles. The number of esters is 1. The molecule has 2 aromatic heterocycles. The third-order valence-electron chi connectivity index (χ3n) is 4.42. The van der Waals surface area contributed by atoms with Gasteiger partial charge >= 0.3 is 5.97 Å². The minimum absolute atomic E-state index is 0.243. The molecule has 8 nitrogen and oxygen atoms in total. The highest BCUT2D eigenvalue weighted by atomic mass is 32.2. The molecule has 0 saturated heterocycles. The topological polar surface area (TPSA) is 108 Å². The molecule has 0 bridgehead atoms. The Morgan fingerprint density at radius 2 is 2.11 bits per heavy atom. The van der Waals surface area contributed by atoms with Crippen molar-refractivity contribution in [2.45, 2.75) is 49.3 Å². The van der Waals surface area contributed by atoms with Gasteiger partial charge in [-0.15, -0.1) is 11.3 Å². The molecule has 10 heteroatoms. The molecule has 0 spiro atoms. The second-order valence-electron chi connectivity index (χ2n) is 6.30. The Morgan fingerprint density at radius 3 is 2.78 bits per heavy atom. The summed E-state index contributed by atoms with van der Waals surface area (Å²) < 4.78 is 10.8. The number of fused-ring (bicyclic) bond motifs is 1. The molecule has 0 radical (unpaired) electrons. The number of carbonyl (C=O) groups excluding carboxylic acids is 2. The molecule has 1 aliphatic carbocycles. The van der Waals surface area contributed by atoms with Crippen LogP contribution in [0.5, 0.6) is 5.95 Å². The van der Waals surface area contributed by atoms with Crippen molar-refractivity contribution in [3.05, 3.63) is 16.0 Å². The zero-order valence-electron chi connectivity index (χ0n) is 15.4. The number of amides is 1. The molecule has 1 atom stereocenters. The quantitative estimate of drug-likeness (QED) is 0.346. The van der Waals surface area contributed by atoms with Crippen LogP contribution in [0.2, 0.25) is 0 Å². The predicted octanol–water partition coefficient (Wildman–Crippen LogP) is 1.81. The van der Waals surface area contributed by atoms with Crippen LogP contribution in [0.25, 0.3) is 0 Å². The number of methoxy groups -OCH3 is 1. The minimum Gasteiger partial charge on any atom is -0.538 e. The van der Waals surface area contributed by atoms with Gasteiger partial charge in [0.05, 0.1) is 23.2 Å². The van der Waals surface area contributed by atoms with Crippen LogP contribution in [0.4, 0.5) is 5.00 Å². The third-order valence-corrected chi connectivity index (χ3v) is 6.85. The van der Waals surface area contributed by atoms with Gasteiger partial charge in [-0.3, -0.25) is 4.79 Å². The van der Waals surface area contributed by atoms with E-state index in [0.717, 1.165) is 54.3 Å². The van der Waals surface area contributed by atoms with Crippen LogP contribution >= 0.6 is 23.1 Å². The van der Waals surface area contributed by atoms with Gasteiger partial charge in [0.15, 0.2) is 13.0 Å². The van der Waals surface area contributed by atoms with E-state index in [4.69, 9.17) is 4.74 Å². The Morgan fingerprint density at radius 1 is 1.37 bits per heavy atom. The number of hydrogen-bond acceptors (Lipinski definition) is 8. The van der Waals surface area contributed by atoms with Crippen LogP contribution in [0.1, 0.15) is 47.0 Å². The van der Waals surface area contributed by atoms with E-state index in [0.29, 0.717) is 10.6 Å². The number of aryl methyl sites for hydroxylation is 2. The number of rotatable bonds is 5. The van der Waals surface area contributed by atoms with Gasteiger partial charge in [0.25, 0.3) is 5.03 Å². The summed E-state index contributed by atoms with van der Waals surface area (Å²) in [6.07, 6.45) is 4.94. The number of thiophene rings is 1. The molecule has 3 rings (SSSR count). The van der Waals surface area contributed by atoms with E-state index in [1.165, 1.54) is 23.1 Å². The molecule has 0 saturated carbocycles. The fourth-order valence-electron chi connectivity index (χ4n) is 3.01. The molecule has 1 amide bonds. The lowest BCUT2D eigenvalue weighted by Gasteiger charge is -2.11. The summed E-state index contributed by atoms with van der Waals surface area (Å²) in [5.41, 5.74) is 1.46. The first-order valence-electron chi connectivity index (χ1n) is 8.65. The van der Waals surface area contributed by atoms with Crippen molar-refractivity contribution in [3.63, 3.8) is 0 Å². The van der Waals surface area contributed by atoms with Gasteiger partial charge in [-0.1, -0.05) is 11.1 Å². The number of carbonyl (C=O) groups is 2. The van der Waals surface area contributed by atoms with Gasteiger partial charge in [0.2, 0.25) is 5.91 Å². The highest BCUT2D eigenvalue weighted by molar-refractivity contribution is 8.00. The lowest BCUT2D eigenvalue weighted by Crippen LogP contribution is -2.33. The number of hydrogen-bond donors (Lipinski definition) is 1. The normalized spacial score (nSPS) is 14.9. The predicted molar refractivity (Wildman–Crippen MR) is 98.0 cm³/mol. The minimum atomic E-state index is -0.583. The number of nitrogens with zero attached hydrogens (tertiary/aromatic N) is 2. The van der Waals surface area contributed by atoms with Crippen molar-refractivity contribution in [2.24, 2.45) is 7.05 Å². The average molecular weight is 412 g/mol. The molecule has 27 heavy (non-hydrogen) atoms. The van der Waals surface area contributed by atoms with Crippen LogP contribution < -0.4 is 15.1 Å². The van der Waals surface area contributed by atoms with Crippen LogP contribution in [-0.2, 0) is 29.4 Å². The SMILES string of the molecule is COC(=O)c1c(NC(=O)C(C)Sc2c([O-])on[n+]2C)sc2c1CCCCC2. The van der Waals surface area contributed by atoms with E-state index in [2.05, 4.69) is 15.1 Å². The lowest BCUT2D eigenvalue weighted by molar-refractivity contribution is -0.772. The zero-order chi connectivity index (χ0) is 19.6. The fraction of sp³-hybridized carbons (Fsp3) is 0.529. The Hall–Kier alpha value is -2.07. The van der Waals surface area contributed by atoms with E-state index in [1.54, 1.807) is 14.0 Å². The zero-order valence-corrected chi connectivity index (χ0v) is 17.0. The van der Waals surface area contributed by atoms with E-state index < -0.39 is 17.2 Å². The molecule has 1 unspecified atom stereocenters. The highest BCUT2D eigenvalue weighted by Gasteiger charge is 2.28. The molecule has 0 fully saturated rings. The van der Waals surface area contributed by atoms with Crippen LogP contribution in [0.15, 0.2) is 9.55 Å². The molecule has 2 aromatic rings. The summed E-state index contributed by atoms with van der Waals surface area (Å²) >= 11 is 2.50. The smallest absolute Gasteiger partial charge is 0.341 e. The van der Waals surface area contributed by atoms with Crippen molar-refractivity contribution in [3.8, 4) is 5.95 Å². The second-order valence-corrected chi connectivity index (χ2v) is 8.73. The summed E-state index contributed by atoms with van der Waals surface area (Å²) in [7, 11) is 2.92. The van der Waals surface area contributed by atoms with Gasteiger partial charge < -0.3 is 19.7 Å². The van der Waals surface area contributed by atoms with Crippen molar-refractivity contribution >= 4 is 40.0 Å². The lowest BCUT2D eigenvalue weighted by atomic mass is 10.1. The number of anilines is 1. The summed E-state index contributed by atoms with van der Waals surface area (Å²) in [4.78, 5) is 26.1. The van der Waals surface area contributed by atoms with Crippen molar-refractivity contribution in [1.29, 1.82) is 0 Å². The monoisotopic (exact) mass is 411 g/mol. The van der Waals surface area contributed by atoms with Crippen molar-refractivity contribution < 1.29 is 28.6 Å². The molecular weight excluding hydrogens is 390 g/mol. The number of aromatic nitrogens is 2. The first kappa shape index (κ1) is 19.7. The van der Waals surface area contributed by atoms with E-state index >= 15 is 0 Å². The number of ether oxygens (including phenoxy) is 1. The standard InChI is InChI=1S/C17H21N3O5S2/c1-9(26-15-17(23)25-19-20(15)2)13(21)18-14-12(16(22)24-3)10-7-5-4-6-8-11(10)27-14/h9H,4-8H2,1-3H3,(H-,18,19,21,22,23). The molecule has 146 valence electrons. The van der Waals surface area contributed by atoms with E-state index in [-0.39, 0.29) is 10.9 Å². The maximum absolute atomic E-state index is 12.7. The van der Waals surface area contributed by atoms with Crippen LogP contribution in [-0.4, -0.2) is 29.5 Å². The maximum Gasteiger partial charge on any atom is 0.341 e. The number of nitrogens with one attached hydrogen (secondary N) is 1. The van der Waals surface area contributed by atoms with E-state index in [9.17, 15) is 14.7 Å². The summed E-state index contributed by atoms with van der Waals surface area (Å²) in [5, 5.41) is 18.2. The fourth-order valence-corrected chi connectivity index (χ4v) is 5.11. The summed E-state index contributed by atoms with van der Waals surface area (Å²) in [6, 6.07) is 0. The summed E-state index contributed by atoms with van der Waals surface area (Å²) in [6.45, 7) is 1.68. The largest absolute Gasteiger partial charge is 0.538 e. The van der Waals surface area contributed by atoms with Gasteiger partial charge in [0.1, 0.15) is 5.00 Å². The average Bonchev–Trinajstić information content (AvgIpc) is 3.04. The van der Waals surface area contributed by atoms with Crippen molar-refractivity contribution in [2.75, 3.05) is 12.4 Å². The second kappa shape index (κ2) is 8.30. The Kier molecular flexibility index (Phi) is 6.05. The molecular formula is C17H21N3O5S2. The van der Waals surface area contributed by atoms with Gasteiger partial charge in [0, 0.05) is 4.88 Å². The van der Waals surface area contributed by atoms with E-state index in [1.807, 2.05) is 0 Å².